The van der Waals surface area contributed by atoms with Gasteiger partial charge in [-0.25, -0.2) is 10.2 Å². The molecule has 38 heavy (non-hydrogen) atoms. The number of benzene rings is 4. The van der Waals surface area contributed by atoms with Crippen LogP contribution in [0.15, 0.2) is 84.0 Å². The van der Waals surface area contributed by atoms with Crippen molar-refractivity contribution in [1.82, 2.24) is 5.43 Å². The van der Waals surface area contributed by atoms with E-state index in [1.807, 2.05) is 31.2 Å². The van der Waals surface area contributed by atoms with Gasteiger partial charge < -0.3 is 14.8 Å². The lowest BCUT2D eigenvalue weighted by Crippen LogP contribution is -2.32. The minimum atomic E-state index is -1.01. The highest BCUT2D eigenvalue weighted by Crippen LogP contribution is 2.28. The summed E-state index contributed by atoms with van der Waals surface area (Å²) in [4.78, 5) is 37.3. The molecular formula is C28H21Cl2N3O5. The Balaban J connectivity index is 1.51. The fourth-order valence-corrected chi connectivity index (χ4v) is 3.78. The summed E-state index contributed by atoms with van der Waals surface area (Å²) < 4.78 is 11.1. The number of amides is 2. The molecule has 0 aliphatic carbocycles. The normalized spacial score (nSPS) is 10.8. The van der Waals surface area contributed by atoms with E-state index in [-0.39, 0.29) is 10.8 Å². The first-order chi connectivity index (χ1) is 18.4. The summed E-state index contributed by atoms with van der Waals surface area (Å²) in [6, 6.07) is 21.8. The fourth-order valence-electron chi connectivity index (χ4n) is 3.48. The van der Waals surface area contributed by atoms with Crippen LogP contribution in [0, 0.1) is 0 Å². The molecule has 2 amide bonds. The number of ether oxygens (including phenoxy) is 2. The highest BCUT2D eigenvalue weighted by Gasteiger charge is 2.16. The zero-order chi connectivity index (χ0) is 27.1. The Morgan fingerprint density at radius 3 is 2.39 bits per heavy atom. The molecule has 0 fully saturated rings. The number of carbonyl (C=O) groups excluding carboxylic acids is 3. The number of halogens is 2. The van der Waals surface area contributed by atoms with E-state index in [1.54, 1.807) is 36.4 Å². The minimum absolute atomic E-state index is 0.223. The number of hydrogen-bond acceptors (Lipinski definition) is 6. The summed E-state index contributed by atoms with van der Waals surface area (Å²) in [6.07, 6.45) is 1.31. The summed E-state index contributed by atoms with van der Waals surface area (Å²) in [5.41, 5.74) is 3.24. The van der Waals surface area contributed by atoms with E-state index < -0.39 is 17.8 Å². The maximum atomic E-state index is 12.8. The largest absolute Gasteiger partial charge is 0.494 e. The molecule has 0 atom stereocenters. The maximum Gasteiger partial charge on any atom is 0.343 e. The standard InChI is InChI=1S/C28H21Cl2N3O5/c1-2-37-20-11-7-18(8-12-20)28(36)38-25-14-9-17-5-3-4-6-21(17)22(25)16-31-33-27(35)26(34)32-19-10-13-23(29)24(30)15-19/h3-16H,2H2,1H3,(H,32,34)(H,33,35). The molecule has 0 aliphatic rings. The van der Waals surface area contributed by atoms with Crippen LogP contribution in [0.3, 0.4) is 0 Å². The number of esters is 1. The molecule has 0 bridgehead atoms. The lowest BCUT2D eigenvalue weighted by Gasteiger charge is -2.11. The number of anilines is 1. The van der Waals surface area contributed by atoms with Crippen molar-refractivity contribution in [3.63, 3.8) is 0 Å². The zero-order valence-electron chi connectivity index (χ0n) is 20.0. The Kier molecular flexibility index (Phi) is 8.58. The average Bonchev–Trinajstić information content (AvgIpc) is 2.92. The van der Waals surface area contributed by atoms with Gasteiger partial charge in [0.1, 0.15) is 11.5 Å². The zero-order valence-corrected chi connectivity index (χ0v) is 21.5. The predicted molar refractivity (Wildman–Crippen MR) is 147 cm³/mol. The number of carbonyl (C=O) groups is 3. The van der Waals surface area contributed by atoms with Crippen LogP contribution in [0.25, 0.3) is 10.8 Å². The Bertz CT molecular complexity index is 1540. The smallest absolute Gasteiger partial charge is 0.343 e. The van der Waals surface area contributed by atoms with Gasteiger partial charge in [0.15, 0.2) is 0 Å². The SMILES string of the molecule is CCOc1ccc(C(=O)Oc2ccc3ccccc3c2C=NNC(=O)C(=O)Nc2ccc(Cl)c(Cl)c2)cc1. The van der Waals surface area contributed by atoms with Gasteiger partial charge in [0.25, 0.3) is 0 Å². The average molecular weight is 550 g/mol. The van der Waals surface area contributed by atoms with Crippen LogP contribution in [0.5, 0.6) is 11.5 Å². The highest BCUT2D eigenvalue weighted by atomic mass is 35.5. The molecule has 0 radical (unpaired) electrons. The molecule has 0 aliphatic heterocycles. The molecule has 0 heterocycles. The van der Waals surface area contributed by atoms with Crippen LogP contribution >= 0.6 is 23.2 Å². The van der Waals surface area contributed by atoms with Crippen molar-refractivity contribution in [2.45, 2.75) is 6.92 Å². The first-order valence-electron chi connectivity index (χ1n) is 11.4. The number of hydrogen-bond donors (Lipinski definition) is 2. The van der Waals surface area contributed by atoms with Crippen molar-refractivity contribution in [3.8, 4) is 11.5 Å². The third-order valence-corrected chi connectivity index (χ3v) is 6.02. The Labute approximate surface area is 228 Å². The van der Waals surface area contributed by atoms with Gasteiger partial charge in [0, 0.05) is 11.3 Å². The summed E-state index contributed by atoms with van der Waals surface area (Å²) in [5.74, 6) is -1.69. The molecule has 0 spiro atoms. The highest BCUT2D eigenvalue weighted by molar-refractivity contribution is 6.43. The summed E-state index contributed by atoms with van der Waals surface area (Å²) in [5, 5.41) is 8.45. The Morgan fingerprint density at radius 2 is 1.66 bits per heavy atom. The van der Waals surface area contributed by atoms with Crippen LogP contribution in [-0.2, 0) is 9.59 Å². The van der Waals surface area contributed by atoms with Gasteiger partial charge in [-0.3, -0.25) is 9.59 Å². The number of rotatable bonds is 7. The van der Waals surface area contributed by atoms with E-state index in [9.17, 15) is 14.4 Å². The molecule has 10 heteroatoms. The molecule has 0 saturated heterocycles. The van der Waals surface area contributed by atoms with E-state index in [0.717, 1.165) is 10.8 Å². The molecular weight excluding hydrogens is 529 g/mol. The molecule has 8 nitrogen and oxygen atoms in total. The number of hydrazone groups is 1. The quantitative estimate of drug-likeness (QED) is 0.0987. The van der Waals surface area contributed by atoms with Crippen LogP contribution in [0.1, 0.15) is 22.8 Å². The first-order valence-corrected chi connectivity index (χ1v) is 12.2. The van der Waals surface area contributed by atoms with Gasteiger partial charge in [0.2, 0.25) is 0 Å². The van der Waals surface area contributed by atoms with Crippen LogP contribution < -0.4 is 20.2 Å². The minimum Gasteiger partial charge on any atom is -0.494 e. The molecule has 0 saturated carbocycles. The van der Waals surface area contributed by atoms with Gasteiger partial charge >= 0.3 is 17.8 Å². The van der Waals surface area contributed by atoms with E-state index >= 15 is 0 Å². The van der Waals surface area contributed by atoms with Gasteiger partial charge in [-0.15, -0.1) is 0 Å². The monoisotopic (exact) mass is 549 g/mol. The number of nitrogens with zero attached hydrogens (tertiary/aromatic N) is 1. The number of nitrogens with one attached hydrogen (secondary N) is 2. The summed E-state index contributed by atoms with van der Waals surface area (Å²) in [6.45, 7) is 2.38. The molecule has 0 unspecified atom stereocenters. The molecule has 192 valence electrons. The van der Waals surface area contributed by atoms with Crippen molar-refractivity contribution in [2.24, 2.45) is 5.10 Å². The van der Waals surface area contributed by atoms with Crippen LogP contribution in [0.4, 0.5) is 5.69 Å². The van der Waals surface area contributed by atoms with Crippen molar-refractivity contribution >= 4 is 63.7 Å². The maximum absolute atomic E-state index is 12.8. The summed E-state index contributed by atoms with van der Waals surface area (Å²) >= 11 is 11.8. The van der Waals surface area contributed by atoms with E-state index in [4.69, 9.17) is 32.7 Å². The second-order valence-corrected chi connectivity index (χ2v) is 8.64. The summed E-state index contributed by atoms with van der Waals surface area (Å²) in [7, 11) is 0. The number of fused-ring (bicyclic) bond motifs is 1. The van der Waals surface area contributed by atoms with Gasteiger partial charge in [-0.05, 0) is 66.2 Å². The first kappa shape index (κ1) is 26.7. The van der Waals surface area contributed by atoms with Gasteiger partial charge in [-0.1, -0.05) is 53.5 Å². The van der Waals surface area contributed by atoms with Crippen LogP contribution in [-0.4, -0.2) is 30.6 Å². The van der Waals surface area contributed by atoms with E-state index in [2.05, 4.69) is 15.8 Å². The van der Waals surface area contributed by atoms with Crippen LogP contribution in [0.2, 0.25) is 10.0 Å². The predicted octanol–water partition coefficient (Wildman–Crippen LogP) is 5.85. The Morgan fingerprint density at radius 1 is 0.895 bits per heavy atom. The fraction of sp³-hybridized carbons (Fsp3) is 0.0714. The third kappa shape index (κ3) is 6.47. The van der Waals surface area contributed by atoms with Crippen molar-refractivity contribution < 1.29 is 23.9 Å². The van der Waals surface area contributed by atoms with Crippen molar-refractivity contribution in [2.75, 3.05) is 11.9 Å². The lowest BCUT2D eigenvalue weighted by atomic mass is 10.0. The second-order valence-electron chi connectivity index (χ2n) is 7.83. The van der Waals surface area contributed by atoms with Gasteiger partial charge in [0.05, 0.1) is 28.4 Å². The molecule has 4 rings (SSSR count). The lowest BCUT2D eigenvalue weighted by molar-refractivity contribution is -0.136. The molecule has 2 N–H and O–H groups in total. The molecule has 4 aromatic rings. The van der Waals surface area contributed by atoms with Crippen molar-refractivity contribution in [1.29, 1.82) is 0 Å². The van der Waals surface area contributed by atoms with Crippen molar-refractivity contribution in [3.05, 3.63) is 100 Å². The van der Waals surface area contributed by atoms with E-state index in [1.165, 1.54) is 24.4 Å². The third-order valence-electron chi connectivity index (χ3n) is 5.28. The van der Waals surface area contributed by atoms with Gasteiger partial charge in [-0.2, -0.15) is 5.10 Å². The molecule has 0 aromatic heterocycles. The van der Waals surface area contributed by atoms with E-state index in [0.29, 0.717) is 34.2 Å². The Hall–Kier alpha value is -4.40. The second kappa shape index (κ2) is 12.2. The molecule has 4 aromatic carbocycles. The topological polar surface area (TPSA) is 106 Å².